The predicted octanol–water partition coefficient (Wildman–Crippen LogP) is 1.51. The van der Waals surface area contributed by atoms with Gasteiger partial charge >= 0.3 is 0 Å². The Morgan fingerprint density at radius 1 is 1.19 bits per heavy atom. The summed E-state index contributed by atoms with van der Waals surface area (Å²) < 4.78 is 28.7. The molecule has 1 aromatic rings. The van der Waals surface area contributed by atoms with E-state index in [1.165, 1.54) is 11.8 Å². The molecule has 2 fully saturated rings. The van der Waals surface area contributed by atoms with Gasteiger partial charge in [-0.25, -0.2) is 8.42 Å². The summed E-state index contributed by atoms with van der Waals surface area (Å²) in [5, 5.41) is 0. The molecular formula is C18H26N2O4S2. The summed E-state index contributed by atoms with van der Waals surface area (Å²) in [4.78, 5) is 17.6. The van der Waals surface area contributed by atoms with Crippen LogP contribution >= 0.6 is 11.8 Å². The van der Waals surface area contributed by atoms with Crippen molar-refractivity contribution in [3.05, 3.63) is 24.3 Å². The van der Waals surface area contributed by atoms with Gasteiger partial charge in [0.15, 0.2) is 9.84 Å². The van der Waals surface area contributed by atoms with Gasteiger partial charge in [-0.15, -0.1) is 11.8 Å². The quantitative estimate of drug-likeness (QED) is 0.677. The maximum Gasteiger partial charge on any atom is 0.233 e. The van der Waals surface area contributed by atoms with Gasteiger partial charge in [0.1, 0.15) is 5.75 Å². The summed E-state index contributed by atoms with van der Waals surface area (Å²) in [7, 11) is -2.86. The third kappa shape index (κ3) is 5.14. The van der Waals surface area contributed by atoms with Crippen LogP contribution in [0.25, 0.3) is 0 Å². The Morgan fingerprint density at radius 2 is 1.88 bits per heavy atom. The SMILES string of the molecule is CCOc1ccc(SCC(=O)N2CCN([C@@H]3CCS(=O)(=O)C3)CC2)cc1. The van der Waals surface area contributed by atoms with E-state index in [1.807, 2.05) is 36.1 Å². The van der Waals surface area contributed by atoms with E-state index in [2.05, 4.69) is 4.90 Å². The van der Waals surface area contributed by atoms with Crippen molar-refractivity contribution in [3.8, 4) is 5.75 Å². The van der Waals surface area contributed by atoms with Crippen molar-refractivity contribution in [2.75, 3.05) is 50.0 Å². The van der Waals surface area contributed by atoms with Crippen LogP contribution in [0, 0.1) is 0 Å². The van der Waals surface area contributed by atoms with Crippen LogP contribution in [-0.2, 0) is 14.6 Å². The van der Waals surface area contributed by atoms with E-state index >= 15 is 0 Å². The van der Waals surface area contributed by atoms with E-state index in [0.717, 1.165) is 30.2 Å². The van der Waals surface area contributed by atoms with Crippen molar-refractivity contribution >= 4 is 27.5 Å². The number of rotatable bonds is 6. The molecule has 0 radical (unpaired) electrons. The number of amides is 1. The first-order valence-electron chi connectivity index (χ1n) is 9.05. The number of ether oxygens (including phenoxy) is 1. The minimum atomic E-state index is -2.86. The Kier molecular flexibility index (Phi) is 6.47. The molecule has 0 spiro atoms. The zero-order valence-electron chi connectivity index (χ0n) is 15.1. The number of hydrogen-bond acceptors (Lipinski definition) is 6. The number of carbonyl (C=O) groups is 1. The van der Waals surface area contributed by atoms with Crippen molar-refractivity contribution in [2.24, 2.45) is 0 Å². The maximum absolute atomic E-state index is 12.4. The fourth-order valence-electron chi connectivity index (χ4n) is 3.43. The number of thioether (sulfide) groups is 1. The van der Waals surface area contributed by atoms with Crippen molar-refractivity contribution in [2.45, 2.75) is 24.3 Å². The number of carbonyl (C=O) groups excluding carboxylic acids is 1. The lowest BCUT2D eigenvalue weighted by Crippen LogP contribution is -2.52. The first-order chi connectivity index (χ1) is 12.5. The highest BCUT2D eigenvalue weighted by molar-refractivity contribution is 8.00. The van der Waals surface area contributed by atoms with Gasteiger partial charge in [-0.1, -0.05) is 0 Å². The number of sulfone groups is 1. The molecule has 6 nitrogen and oxygen atoms in total. The molecule has 0 bridgehead atoms. The zero-order valence-corrected chi connectivity index (χ0v) is 16.7. The molecule has 0 N–H and O–H groups in total. The Morgan fingerprint density at radius 3 is 2.46 bits per heavy atom. The van der Waals surface area contributed by atoms with Crippen LogP contribution in [-0.4, -0.2) is 80.2 Å². The highest BCUT2D eigenvalue weighted by Crippen LogP contribution is 2.23. The topological polar surface area (TPSA) is 66.9 Å². The molecule has 0 saturated carbocycles. The molecule has 0 aliphatic carbocycles. The summed E-state index contributed by atoms with van der Waals surface area (Å²) in [6.45, 7) is 5.48. The average Bonchev–Trinajstić information content (AvgIpc) is 3.01. The van der Waals surface area contributed by atoms with E-state index < -0.39 is 9.84 Å². The molecule has 2 heterocycles. The Hall–Kier alpha value is -1.25. The van der Waals surface area contributed by atoms with Crippen LogP contribution in [0.1, 0.15) is 13.3 Å². The third-order valence-corrected chi connectivity index (χ3v) is 7.64. The van der Waals surface area contributed by atoms with Crippen LogP contribution < -0.4 is 4.74 Å². The van der Waals surface area contributed by atoms with Gasteiger partial charge in [0.05, 0.1) is 23.9 Å². The summed E-state index contributed by atoms with van der Waals surface area (Å²) in [6, 6.07) is 7.92. The van der Waals surface area contributed by atoms with E-state index in [0.29, 0.717) is 31.2 Å². The van der Waals surface area contributed by atoms with Crippen LogP contribution in [0.3, 0.4) is 0 Å². The molecule has 2 aliphatic rings. The minimum absolute atomic E-state index is 0.135. The van der Waals surface area contributed by atoms with Gasteiger partial charge in [-0.3, -0.25) is 9.69 Å². The Bertz CT molecular complexity index is 713. The summed E-state index contributed by atoms with van der Waals surface area (Å²) >= 11 is 1.54. The van der Waals surface area contributed by atoms with Crippen molar-refractivity contribution in [3.63, 3.8) is 0 Å². The summed E-state index contributed by atoms with van der Waals surface area (Å²) in [5.74, 6) is 1.98. The van der Waals surface area contributed by atoms with E-state index in [4.69, 9.17) is 4.74 Å². The van der Waals surface area contributed by atoms with Gasteiger partial charge < -0.3 is 9.64 Å². The molecule has 2 saturated heterocycles. The van der Waals surface area contributed by atoms with Crippen LogP contribution in [0.4, 0.5) is 0 Å². The van der Waals surface area contributed by atoms with E-state index in [1.54, 1.807) is 0 Å². The van der Waals surface area contributed by atoms with Crippen molar-refractivity contribution in [1.29, 1.82) is 0 Å². The maximum atomic E-state index is 12.4. The molecule has 144 valence electrons. The molecule has 1 atom stereocenters. The monoisotopic (exact) mass is 398 g/mol. The number of hydrogen-bond donors (Lipinski definition) is 0. The van der Waals surface area contributed by atoms with Gasteiger partial charge in [0.2, 0.25) is 5.91 Å². The highest BCUT2D eigenvalue weighted by atomic mass is 32.2. The fourth-order valence-corrected chi connectivity index (χ4v) is 6.00. The first kappa shape index (κ1) is 19.5. The molecule has 0 aromatic heterocycles. The average molecular weight is 399 g/mol. The van der Waals surface area contributed by atoms with E-state index in [-0.39, 0.29) is 17.7 Å². The van der Waals surface area contributed by atoms with Crippen LogP contribution in [0.2, 0.25) is 0 Å². The third-order valence-electron chi connectivity index (χ3n) is 4.89. The normalized spacial score (nSPS) is 23.1. The Labute approximate surface area is 159 Å². The number of piperazine rings is 1. The van der Waals surface area contributed by atoms with Crippen molar-refractivity contribution in [1.82, 2.24) is 9.80 Å². The molecular weight excluding hydrogens is 372 g/mol. The minimum Gasteiger partial charge on any atom is -0.494 e. The molecule has 8 heteroatoms. The van der Waals surface area contributed by atoms with Gasteiger partial charge in [0.25, 0.3) is 0 Å². The smallest absolute Gasteiger partial charge is 0.233 e. The van der Waals surface area contributed by atoms with Gasteiger partial charge in [-0.05, 0) is 37.6 Å². The second-order valence-corrected chi connectivity index (χ2v) is 9.94. The zero-order chi connectivity index (χ0) is 18.6. The number of nitrogens with zero attached hydrogens (tertiary/aromatic N) is 2. The van der Waals surface area contributed by atoms with Gasteiger partial charge in [0, 0.05) is 37.1 Å². The molecule has 1 amide bonds. The largest absolute Gasteiger partial charge is 0.494 e. The second-order valence-electron chi connectivity index (χ2n) is 6.67. The predicted molar refractivity (Wildman–Crippen MR) is 104 cm³/mol. The first-order valence-corrected chi connectivity index (χ1v) is 11.9. The van der Waals surface area contributed by atoms with Gasteiger partial charge in [-0.2, -0.15) is 0 Å². The summed E-state index contributed by atoms with van der Waals surface area (Å²) in [5.41, 5.74) is 0. The Balaban J connectivity index is 1.42. The number of benzene rings is 1. The highest BCUT2D eigenvalue weighted by Gasteiger charge is 2.34. The van der Waals surface area contributed by atoms with Crippen molar-refractivity contribution < 1.29 is 17.9 Å². The molecule has 26 heavy (non-hydrogen) atoms. The molecule has 2 aliphatic heterocycles. The lowest BCUT2D eigenvalue weighted by Gasteiger charge is -2.37. The second kappa shape index (κ2) is 8.63. The molecule has 1 aromatic carbocycles. The molecule has 0 unspecified atom stereocenters. The standard InChI is InChI=1S/C18H26N2O4S2/c1-2-24-16-3-5-17(6-4-16)25-13-18(21)20-10-8-19(9-11-20)15-7-12-26(22,23)14-15/h3-6,15H,2,7-14H2,1H3/t15-/m1/s1. The summed E-state index contributed by atoms with van der Waals surface area (Å²) in [6.07, 6.45) is 0.726. The van der Waals surface area contributed by atoms with E-state index in [9.17, 15) is 13.2 Å². The van der Waals surface area contributed by atoms with Crippen LogP contribution in [0.5, 0.6) is 5.75 Å². The lowest BCUT2D eigenvalue weighted by atomic mass is 10.2. The lowest BCUT2D eigenvalue weighted by molar-refractivity contribution is -0.130. The fraction of sp³-hybridized carbons (Fsp3) is 0.611. The molecule has 3 rings (SSSR count). The van der Waals surface area contributed by atoms with Crippen LogP contribution in [0.15, 0.2) is 29.2 Å².